The van der Waals surface area contributed by atoms with Crippen LogP contribution in [0, 0.1) is 0 Å². The van der Waals surface area contributed by atoms with Crippen molar-refractivity contribution in [3.63, 3.8) is 0 Å². The summed E-state index contributed by atoms with van der Waals surface area (Å²) in [5.41, 5.74) is 0.997. The van der Waals surface area contributed by atoms with Gasteiger partial charge < -0.3 is 15.2 Å². The molecule has 0 aliphatic heterocycles. The van der Waals surface area contributed by atoms with Crippen LogP contribution in [-0.2, 0) is 4.74 Å². The molecule has 0 atom stereocenters. The predicted octanol–water partition coefficient (Wildman–Crippen LogP) is 3.33. The highest BCUT2D eigenvalue weighted by Gasteiger charge is 2.15. The first kappa shape index (κ1) is 15.9. The summed E-state index contributed by atoms with van der Waals surface area (Å²) in [5.74, 6) is -0.0518. The molecule has 0 saturated carbocycles. The van der Waals surface area contributed by atoms with Crippen LogP contribution in [-0.4, -0.2) is 36.1 Å². The molecule has 0 amide bonds. The summed E-state index contributed by atoms with van der Waals surface area (Å²) in [7, 11) is 0. The number of nitrogens with one attached hydrogen (secondary N) is 1. The molecular weight excluding hydrogens is 262 g/mol. The van der Waals surface area contributed by atoms with Gasteiger partial charge in [-0.25, -0.2) is 4.79 Å². The van der Waals surface area contributed by atoms with Gasteiger partial charge >= 0.3 is 5.97 Å². The van der Waals surface area contributed by atoms with E-state index >= 15 is 0 Å². The van der Waals surface area contributed by atoms with E-state index in [1.807, 2.05) is 32.9 Å². The topological polar surface area (TPSA) is 58.6 Å². The molecule has 0 heterocycles. The Morgan fingerprint density at radius 1 is 1.47 bits per heavy atom. The van der Waals surface area contributed by atoms with E-state index in [4.69, 9.17) is 4.74 Å². The Balaban J connectivity index is 2.76. The van der Waals surface area contributed by atoms with Crippen LogP contribution in [0.3, 0.4) is 0 Å². The average Bonchev–Trinajstić information content (AvgIpc) is 2.34. The quantitative estimate of drug-likeness (QED) is 0.566. The van der Waals surface area contributed by atoms with E-state index in [0.717, 1.165) is 10.6 Å². The molecule has 1 aromatic rings. The van der Waals surface area contributed by atoms with Gasteiger partial charge in [-0.2, -0.15) is 0 Å². The Kier molecular flexibility index (Phi) is 6.73. The van der Waals surface area contributed by atoms with Gasteiger partial charge in [-0.05, 0) is 31.7 Å². The smallest absolute Gasteiger partial charge is 0.338 e. The lowest BCUT2D eigenvalue weighted by molar-refractivity contribution is 0.0693. The van der Waals surface area contributed by atoms with Gasteiger partial charge in [-0.1, -0.05) is 13.0 Å². The standard InChI is InChI=1S/C14H21NO3S/c1-4-19-12-7-5-6-11(13(12)14(16)17)15-8-9-18-10(2)3/h5-7,10,15H,4,8-9H2,1-3H3,(H,16,17). The third-order valence-corrected chi connectivity index (χ3v) is 3.35. The van der Waals surface area contributed by atoms with Gasteiger partial charge in [0.1, 0.15) is 0 Å². The molecule has 106 valence electrons. The van der Waals surface area contributed by atoms with Crippen molar-refractivity contribution in [3.8, 4) is 0 Å². The maximum absolute atomic E-state index is 11.4. The van der Waals surface area contributed by atoms with Crippen LogP contribution in [0.1, 0.15) is 31.1 Å². The SMILES string of the molecule is CCSc1cccc(NCCOC(C)C)c1C(=O)O. The lowest BCUT2D eigenvalue weighted by Crippen LogP contribution is -2.15. The number of hydrogen-bond donors (Lipinski definition) is 2. The van der Waals surface area contributed by atoms with Crippen molar-refractivity contribution < 1.29 is 14.6 Å². The van der Waals surface area contributed by atoms with Crippen LogP contribution in [0.4, 0.5) is 5.69 Å². The third-order valence-electron chi connectivity index (χ3n) is 2.41. The Morgan fingerprint density at radius 3 is 2.79 bits per heavy atom. The number of carboxylic acid groups (broad SMARTS) is 1. The van der Waals surface area contributed by atoms with Crippen molar-refractivity contribution in [1.82, 2.24) is 0 Å². The van der Waals surface area contributed by atoms with E-state index in [1.165, 1.54) is 11.8 Å². The summed E-state index contributed by atoms with van der Waals surface area (Å²) in [5, 5.41) is 12.5. The number of ether oxygens (including phenoxy) is 1. The predicted molar refractivity (Wildman–Crippen MR) is 79.4 cm³/mol. The van der Waals surface area contributed by atoms with Gasteiger partial charge in [0.25, 0.3) is 0 Å². The Morgan fingerprint density at radius 2 is 2.21 bits per heavy atom. The molecule has 0 aliphatic rings. The Hall–Kier alpha value is -1.20. The van der Waals surface area contributed by atoms with Crippen molar-refractivity contribution in [2.24, 2.45) is 0 Å². The van der Waals surface area contributed by atoms with Gasteiger partial charge in [0, 0.05) is 17.1 Å². The fourth-order valence-electron chi connectivity index (χ4n) is 1.66. The zero-order chi connectivity index (χ0) is 14.3. The lowest BCUT2D eigenvalue weighted by atomic mass is 10.2. The molecule has 0 spiro atoms. The lowest BCUT2D eigenvalue weighted by Gasteiger charge is -2.13. The van der Waals surface area contributed by atoms with Crippen LogP contribution >= 0.6 is 11.8 Å². The van der Waals surface area contributed by atoms with Crippen LogP contribution in [0.5, 0.6) is 0 Å². The monoisotopic (exact) mass is 283 g/mol. The second kappa shape index (κ2) is 8.07. The van der Waals surface area contributed by atoms with Gasteiger partial charge in [0.05, 0.1) is 18.3 Å². The summed E-state index contributed by atoms with van der Waals surface area (Å²) in [6.45, 7) is 7.11. The second-order valence-electron chi connectivity index (χ2n) is 4.26. The number of anilines is 1. The number of aromatic carboxylic acids is 1. The van der Waals surface area contributed by atoms with Gasteiger partial charge in [-0.15, -0.1) is 11.8 Å². The summed E-state index contributed by atoms with van der Waals surface area (Å²) in [6, 6.07) is 5.50. The fraction of sp³-hybridized carbons (Fsp3) is 0.500. The van der Waals surface area contributed by atoms with Crippen molar-refractivity contribution in [3.05, 3.63) is 23.8 Å². The van der Waals surface area contributed by atoms with Crippen molar-refractivity contribution in [1.29, 1.82) is 0 Å². The average molecular weight is 283 g/mol. The molecule has 0 fully saturated rings. The number of carboxylic acids is 1. The van der Waals surface area contributed by atoms with Crippen molar-refractivity contribution >= 4 is 23.4 Å². The fourth-order valence-corrected chi connectivity index (χ4v) is 2.48. The second-order valence-corrected chi connectivity index (χ2v) is 5.57. The van der Waals surface area contributed by atoms with Gasteiger partial charge in [0.2, 0.25) is 0 Å². The zero-order valence-corrected chi connectivity index (χ0v) is 12.4. The van der Waals surface area contributed by atoms with E-state index in [-0.39, 0.29) is 6.10 Å². The number of carbonyl (C=O) groups is 1. The molecule has 0 aromatic heterocycles. The van der Waals surface area contributed by atoms with E-state index in [0.29, 0.717) is 24.4 Å². The first-order valence-electron chi connectivity index (χ1n) is 6.40. The van der Waals surface area contributed by atoms with E-state index < -0.39 is 5.97 Å². The maximum Gasteiger partial charge on any atom is 0.338 e. The van der Waals surface area contributed by atoms with Crippen LogP contribution < -0.4 is 5.32 Å². The minimum Gasteiger partial charge on any atom is -0.478 e. The molecule has 0 unspecified atom stereocenters. The van der Waals surface area contributed by atoms with Crippen LogP contribution in [0.2, 0.25) is 0 Å². The molecule has 5 heteroatoms. The van der Waals surface area contributed by atoms with Crippen molar-refractivity contribution in [2.75, 3.05) is 24.2 Å². The molecule has 0 bridgehead atoms. The molecule has 0 saturated heterocycles. The largest absolute Gasteiger partial charge is 0.478 e. The summed E-state index contributed by atoms with van der Waals surface area (Å²) in [4.78, 5) is 12.2. The normalized spacial score (nSPS) is 10.7. The first-order valence-corrected chi connectivity index (χ1v) is 7.39. The third kappa shape index (κ3) is 5.12. The summed E-state index contributed by atoms with van der Waals surface area (Å²) >= 11 is 1.54. The Bertz CT molecular complexity index is 421. The molecule has 4 nitrogen and oxygen atoms in total. The number of thioether (sulfide) groups is 1. The highest BCUT2D eigenvalue weighted by molar-refractivity contribution is 7.99. The molecule has 1 aromatic carbocycles. The molecule has 2 N–H and O–H groups in total. The summed E-state index contributed by atoms with van der Waals surface area (Å²) < 4.78 is 5.43. The van der Waals surface area contributed by atoms with E-state index in [2.05, 4.69) is 5.32 Å². The van der Waals surface area contributed by atoms with Crippen molar-refractivity contribution in [2.45, 2.75) is 31.8 Å². The van der Waals surface area contributed by atoms with Crippen LogP contribution in [0.25, 0.3) is 0 Å². The number of rotatable bonds is 8. The summed E-state index contributed by atoms with van der Waals surface area (Å²) in [6.07, 6.45) is 0.183. The Labute approximate surface area is 118 Å². The van der Waals surface area contributed by atoms with Gasteiger partial charge in [0.15, 0.2) is 0 Å². The van der Waals surface area contributed by atoms with Crippen LogP contribution in [0.15, 0.2) is 23.1 Å². The first-order chi connectivity index (χ1) is 9.06. The molecule has 1 rings (SSSR count). The minimum atomic E-state index is -0.899. The van der Waals surface area contributed by atoms with E-state index in [9.17, 15) is 9.90 Å². The molecule has 19 heavy (non-hydrogen) atoms. The number of benzene rings is 1. The van der Waals surface area contributed by atoms with Gasteiger partial charge in [-0.3, -0.25) is 0 Å². The van der Waals surface area contributed by atoms with E-state index in [1.54, 1.807) is 6.07 Å². The zero-order valence-electron chi connectivity index (χ0n) is 11.6. The number of hydrogen-bond acceptors (Lipinski definition) is 4. The molecule has 0 aliphatic carbocycles. The highest BCUT2D eigenvalue weighted by atomic mass is 32.2. The maximum atomic E-state index is 11.4. The molecule has 0 radical (unpaired) electrons. The highest BCUT2D eigenvalue weighted by Crippen LogP contribution is 2.28. The minimum absolute atomic E-state index is 0.183. The molecular formula is C14H21NO3S.